The Bertz CT molecular complexity index is 600. The number of benzene rings is 1. The molecule has 1 aromatic carbocycles. The molecule has 1 aliphatic heterocycles. The smallest absolute Gasteiger partial charge is 0.122 e. The van der Waals surface area contributed by atoms with Gasteiger partial charge in [0.05, 0.1) is 12.7 Å². The van der Waals surface area contributed by atoms with E-state index in [9.17, 15) is 5.11 Å². The molecule has 0 saturated carbocycles. The van der Waals surface area contributed by atoms with Crippen molar-refractivity contribution in [2.45, 2.75) is 38.7 Å². The second kappa shape index (κ2) is 5.33. The summed E-state index contributed by atoms with van der Waals surface area (Å²) in [6.07, 6.45) is 1.17. The number of fused-ring (bicyclic) bond motifs is 1. The first kappa shape index (κ1) is 13.3. The summed E-state index contributed by atoms with van der Waals surface area (Å²) < 4.78 is 11.2. The van der Waals surface area contributed by atoms with Crippen molar-refractivity contribution in [1.29, 1.82) is 0 Å². The number of hydrogen-bond acceptors (Lipinski definition) is 3. The molecule has 0 aliphatic carbocycles. The molecule has 106 valence electrons. The zero-order valence-corrected chi connectivity index (χ0v) is 11.9. The molecule has 2 heterocycles. The molecule has 0 bridgehead atoms. The van der Waals surface area contributed by atoms with Crippen molar-refractivity contribution in [3.8, 4) is 5.75 Å². The van der Waals surface area contributed by atoms with Crippen LogP contribution in [-0.2, 0) is 0 Å². The summed E-state index contributed by atoms with van der Waals surface area (Å²) in [5.41, 5.74) is 2.11. The van der Waals surface area contributed by atoms with Crippen molar-refractivity contribution in [3.63, 3.8) is 0 Å². The standard InChI is InChI=1S/C17H20O3/c1-11-9-15(12(2)20-11)16(18)10-13-7-8-19-17-6-4-3-5-14(13)17/h3-6,9,13,16,18H,7-8,10H2,1-2H3. The van der Waals surface area contributed by atoms with Gasteiger partial charge in [-0.3, -0.25) is 0 Å². The van der Waals surface area contributed by atoms with Gasteiger partial charge in [0.15, 0.2) is 0 Å². The molecule has 2 aromatic rings. The molecule has 0 saturated heterocycles. The maximum Gasteiger partial charge on any atom is 0.122 e. The van der Waals surface area contributed by atoms with E-state index in [1.807, 2.05) is 38.1 Å². The van der Waals surface area contributed by atoms with E-state index >= 15 is 0 Å². The highest BCUT2D eigenvalue weighted by molar-refractivity contribution is 5.38. The Morgan fingerprint density at radius 1 is 1.30 bits per heavy atom. The molecular weight excluding hydrogens is 252 g/mol. The lowest BCUT2D eigenvalue weighted by molar-refractivity contribution is 0.143. The molecule has 0 radical (unpaired) electrons. The van der Waals surface area contributed by atoms with E-state index in [1.165, 1.54) is 5.56 Å². The average molecular weight is 272 g/mol. The van der Waals surface area contributed by atoms with Crippen LogP contribution < -0.4 is 4.74 Å². The molecule has 2 unspecified atom stereocenters. The van der Waals surface area contributed by atoms with Crippen molar-refractivity contribution >= 4 is 0 Å². The number of ether oxygens (including phenoxy) is 1. The highest BCUT2D eigenvalue weighted by Crippen LogP contribution is 2.39. The van der Waals surface area contributed by atoms with Crippen LogP contribution >= 0.6 is 0 Å². The van der Waals surface area contributed by atoms with Crippen LogP contribution in [0.5, 0.6) is 5.75 Å². The normalized spacial score (nSPS) is 19.2. The van der Waals surface area contributed by atoms with Crippen molar-refractivity contribution < 1.29 is 14.3 Å². The second-order valence-electron chi connectivity index (χ2n) is 5.49. The van der Waals surface area contributed by atoms with E-state index in [1.54, 1.807) is 0 Å². The van der Waals surface area contributed by atoms with Gasteiger partial charge in [-0.1, -0.05) is 18.2 Å². The minimum atomic E-state index is -0.483. The van der Waals surface area contributed by atoms with Crippen LogP contribution in [0.3, 0.4) is 0 Å². The molecular formula is C17H20O3. The third kappa shape index (κ3) is 2.46. The topological polar surface area (TPSA) is 42.6 Å². The van der Waals surface area contributed by atoms with Crippen LogP contribution in [0.2, 0.25) is 0 Å². The quantitative estimate of drug-likeness (QED) is 0.921. The van der Waals surface area contributed by atoms with Gasteiger partial charge >= 0.3 is 0 Å². The summed E-state index contributed by atoms with van der Waals surface area (Å²) in [5, 5.41) is 10.5. The number of para-hydroxylation sites is 1. The molecule has 3 nitrogen and oxygen atoms in total. The van der Waals surface area contributed by atoms with Gasteiger partial charge in [-0.15, -0.1) is 0 Å². The SMILES string of the molecule is Cc1cc(C(O)CC2CCOc3ccccc32)c(C)o1. The summed E-state index contributed by atoms with van der Waals surface area (Å²) in [7, 11) is 0. The summed E-state index contributed by atoms with van der Waals surface area (Å²) >= 11 is 0. The monoisotopic (exact) mass is 272 g/mol. The Kier molecular flexibility index (Phi) is 3.53. The molecule has 0 amide bonds. The fourth-order valence-electron chi connectivity index (χ4n) is 3.04. The van der Waals surface area contributed by atoms with E-state index in [4.69, 9.17) is 9.15 Å². The number of aliphatic hydroxyl groups is 1. The van der Waals surface area contributed by atoms with Crippen LogP contribution in [0.1, 0.15) is 47.5 Å². The van der Waals surface area contributed by atoms with Gasteiger partial charge in [0.25, 0.3) is 0 Å². The zero-order chi connectivity index (χ0) is 14.1. The molecule has 3 heteroatoms. The first-order chi connectivity index (χ1) is 9.65. The average Bonchev–Trinajstić information content (AvgIpc) is 2.78. The van der Waals surface area contributed by atoms with Crippen LogP contribution in [0, 0.1) is 13.8 Å². The molecule has 3 rings (SSSR count). The van der Waals surface area contributed by atoms with Gasteiger partial charge in [-0.05, 0) is 50.3 Å². The summed E-state index contributed by atoms with van der Waals surface area (Å²) in [6.45, 7) is 4.54. The molecule has 0 fully saturated rings. The molecule has 1 N–H and O–H groups in total. The second-order valence-corrected chi connectivity index (χ2v) is 5.49. The summed E-state index contributed by atoms with van der Waals surface area (Å²) in [4.78, 5) is 0. The number of aryl methyl sites for hydroxylation is 2. The first-order valence-electron chi connectivity index (χ1n) is 7.12. The van der Waals surface area contributed by atoms with Crippen molar-refractivity contribution in [2.24, 2.45) is 0 Å². The maximum atomic E-state index is 10.5. The predicted octanol–water partition coefficient (Wildman–Crippen LogP) is 3.89. The Morgan fingerprint density at radius 2 is 2.10 bits per heavy atom. The third-order valence-corrected chi connectivity index (χ3v) is 4.03. The molecule has 0 spiro atoms. The van der Waals surface area contributed by atoms with Gasteiger partial charge in [0.2, 0.25) is 0 Å². The van der Waals surface area contributed by atoms with Crippen LogP contribution in [0.15, 0.2) is 34.7 Å². The maximum absolute atomic E-state index is 10.5. The number of hydrogen-bond donors (Lipinski definition) is 1. The first-order valence-corrected chi connectivity index (χ1v) is 7.12. The van der Waals surface area contributed by atoms with Gasteiger partial charge in [0, 0.05) is 5.56 Å². The Labute approximate surface area is 119 Å². The molecule has 1 aliphatic rings. The van der Waals surface area contributed by atoms with E-state index in [-0.39, 0.29) is 0 Å². The highest BCUT2D eigenvalue weighted by Gasteiger charge is 2.25. The predicted molar refractivity (Wildman–Crippen MR) is 77.1 cm³/mol. The lowest BCUT2D eigenvalue weighted by atomic mass is 9.86. The van der Waals surface area contributed by atoms with E-state index in [2.05, 4.69) is 6.07 Å². The Morgan fingerprint density at radius 3 is 2.85 bits per heavy atom. The lowest BCUT2D eigenvalue weighted by Crippen LogP contribution is -2.16. The minimum absolute atomic E-state index is 0.338. The fourth-order valence-corrected chi connectivity index (χ4v) is 3.04. The zero-order valence-electron chi connectivity index (χ0n) is 11.9. The summed E-state index contributed by atoms with van der Waals surface area (Å²) in [5.74, 6) is 2.96. The fraction of sp³-hybridized carbons (Fsp3) is 0.412. The highest BCUT2D eigenvalue weighted by atomic mass is 16.5. The van der Waals surface area contributed by atoms with Crippen LogP contribution in [0.4, 0.5) is 0 Å². The van der Waals surface area contributed by atoms with Gasteiger partial charge in [-0.25, -0.2) is 0 Å². The number of aliphatic hydroxyl groups excluding tert-OH is 1. The summed E-state index contributed by atoms with van der Waals surface area (Å²) in [6, 6.07) is 10.0. The Balaban J connectivity index is 1.80. The van der Waals surface area contributed by atoms with Crippen LogP contribution in [-0.4, -0.2) is 11.7 Å². The van der Waals surface area contributed by atoms with E-state index in [0.29, 0.717) is 12.3 Å². The Hall–Kier alpha value is -1.74. The van der Waals surface area contributed by atoms with E-state index < -0.39 is 6.10 Å². The van der Waals surface area contributed by atoms with Crippen molar-refractivity contribution in [1.82, 2.24) is 0 Å². The molecule has 2 atom stereocenters. The van der Waals surface area contributed by atoms with Gasteiger partial charge in [0.1, 0.15) is 17.3 Å². The van der Waals surface area contributed by atoms with E-state index in [0.717, 1.165) is 35.9 Å². The molecule has 20 heavy (non-hydrogen) atoms. The van der Waals surface area contributed by atoms with Crippen molar-refractivity contribution in [2.75, 3.05) is 6.61 Å². The number of rotatable bonds is 3. The van der Waals surface area contributed by atoms with Gasteiger partial charge < -0.3 is 14.3 Å². The lowest BCUT2D eigenvalue weighted by Gasteiger charge is -2.27. The van der Waals surface area contributed by atoms with Gasteiger partial charge in [-0.2, -0.15) is 0 Å². The van der Waals surface area contributed by atoms with Crippen molar-refractivity contribution in [3.05, 3.63) is 53.0 Å². The molecule has 1 aromatic heterocycles. The van der Waals surface area contributed by atoms with Crippen LogP contribution in [0.25, 0.3) is 0 Å². The largest absolute Gasteiger partial charge is 0.493 e. The minimum Gasteiger partial charge on any atom is -0.493 e. The third-order valence-electron chi connectivity index (χ3n) is 4.03. The number of furan rings is 1.